The van der Waals surface area contributed by atoms with Crippen LogP contribution in [0.4, 0.5) is 0 Å². The molecular weight excluding hydrogens is 326 g/mol. The maximum absolute atomic E-state index is 5.92. The summed E-state index contributed by atoms with van der Waals surface area (Å²) < 4.78 is 7.07. The van der Waals surface area contributed by atoms with Crippen LogP contribution >= 0.6 is 15.9 Å². The fourth-order valence-electron chi connectivity index (χ4n) is 2.41. The third-order valence-corrected chi connectivity index (χ3v) is 4.36. The van der Waals surface area contributed by atoms with Gasteiger partial charge < -0.3 is 10.1 Å². The molecule has 2 rings (SSSR count). The molecule has 0 spiro atoms. The average molecular weight is 354 g/mol. The van der Waals surface area contributed by atoms with Gasteiger partial charge in [0.25, 0.3) is 0 Å². The molecule has 0 bridgehead atoms. The Labute approximate surface area is 137 Å². The van der Waals surface area contributed by atoms with Crippen molar-refractivity contribution >= 4 is 15.9 Å². The van der Waals surface area contributed by atoms with Gasteiger partial charge in [0.15, 0.2) is 0 Å². The maximum Gasteiger partial charge on any atom is 0.0509 e. The molecule has 1 unspecified atom stereocenters. The van der Waals surface area contributed by atoms with Crippen LogP contribution in [0, 0.1) is 17.8 Å². The molecule has 1 aliphatic rings. The van der Waals surface area contributed by atoms with E-state index >= 15 is 0 Å². The summed E-state index contributed by atoms with van der Waals surface area (Å²) in [6.07, 6.45) is 3.81. The van der Waals surface area contributed by atoms with Gasteiger partial charge in [-0.15, -0.1) is 0 Å². The number of rotatable bonds is 10. The van der Waals surface area contributed by atoms with Crippen LogP contribution in [0.2, 0.25) is 0 Å². The lowest BCUT2D eigenvalue weighted by Crippen LogP contribution is -2.30. The second-order valence-corrected chi connectivity index (χ2v) is 7.65. The molecule has 0 amide bonds. The molecule has 1 N–H and O–H groups in total. The van der Waals surface area contributed by atoms with Gasteiger partial charge >= 0.3 is 0 Å². The van der Waals surface area contributed by atoms with Crippen LogP contribution in [0.5, 0.6) is 0 Å². The summed E-state index contributed by atoms with van der Waals surface area (Å²) in [5, 5.41) is 3.58. The zero-order valence-corrected chi connectivity index (χ0v) is 14.9. The summed E-state index contributed by atoms with van der Waals surface area (Å²) in [5.74, 6) is 2.11. The lowest BCUT2D eigenvalue weighted by Gasteiger charge is -2.19. The Hall–Kier alpha value is -0.380. The monoisotopic (exact) mass is 353 g/mol. The summed E-state index contributed by atoms with van der Waals surface area (Å²) in [4.78, 5) is 0. The molecule has 1 atom stereocenters. The highest BCUT2D eigenvalue weighted by molar-refractivity contribution is 9.10. The standard InChI is InChI=1S/C18H28BrNO/c1-14(2)10-20-11-17(13-21-12-16-3-4-16)9-15-5-7-18(19)8-6-15/h5-8,14,16-17,20H,3-4,9-13H2,1-2H3. The summed E-state index contributed by atoms with van der Waals surface area (Å²) in [6, 6.07) is 8.67. The fraction of sp³-hybridized carbons (Fsp3) is 0.667. The summed E-state index contributed by atoms with van der Waals surface area (Å²) in [5.41, 5.74) is 1.39. The van der Waals surface area contributed by atoms with E-state index in [-0.39, 0.29) is 0 Å². The van der Waals surface area contributed by atoms with E-state index in [0.29, 0.717) is 11.8 Å². The number of hydrogen-bond acceptors (Lipinski definition) is 2. The van der Waals surface area contributed by atoms with Crippen LogP contribution < -0.4 is 5.32 Å². The van der Waals surface area contributed by atoms with Crippen molar-refractivity contribution in [2.45, 2.75) is 33.1 Å². The van der Waals surface area contributed by atoms with Gasteiger partial charge in [0.2, 0.25) is 0 Å². The van der Waals surface area contributed by atoms with E-state index in [1.54, 1.807) is 0 Å². The Bertz CT molecular complexity index is 392. The van der Waals surface area contributed by atoms with Gasteiger partial charge in [0.1, 0.15) is 0 Å². The summed E-state index contributed by atoms with van der Waals surface area (Å²) in [7, 11) is 0. The summed E-state index contributed by atoms with van der Waals surface area (Å²) in [6.45, 7) is 8.46. The van der Waals surface area contributed by atoms with E-state index in [0.717, 1.165) is 43.1 Å². The topological polar surface area (TPSA) is 21.3 Å². The van der Waals surface area contributed by atoms with Gasteiger partial charge in [-0.25, -0.2) is 0 Å². The normalized spacial score (nSPS) is 16.4. The Kier molecular flexibility index (Phi) is 7.21. The molecule has 1 saturated carbocycles. The highest BCUT2D eigenvalue weighted by atomic mass is 79.9. The first-order chi connectivity index (χ1) is 10.1. The average Bonchev–Trinajstić information content (AvgIpc) is 3.25. The van der Waals surface area contributed by atoms with Crippen molar-refractivity contribution in [1.29, 1.82) is 0 Å². The van der Waals surface area contributed by atoms with Crippen molar-refractivity contribution < 1.29 is 4.74 Å². The Balaban J connectivity index is 1.78. The van der Waals surface area contributed by atoms with E-state index in [1.807, 2.05) is 0 Å². The van der Waals surface area contributed by atoms with Gasteiger partial charge in [-0.1, -0.05) is 41.9 Å². The zero-order valence-electron chi connectivity index (χ0n) is 13.3. The van der Waals surface area contributed by atoms with Gasteiger partial charge in [-0.3, -0.25) is 0 Å². The maximum atomic E-state index is 5.92. The van der Waals surface area contributed by atoms with Crippen LogP contribution in [0.3, 0.4) is 0 Å². The largest absolute Gasteiger partial charge is 0.381 e. The first-order valence-corrected chi connectivity index (χ1v) is 8.95. The minimum Gasteiger partial charge on any atom is -0.381 e. The highest BCUT2D eigenvalue weighted by Gasteiger charge is 2.22. The molecule has 0 heterocycles. The molecular formula is C18H28BrNO. The zero-order chi connectivity index (χ0) is 15.1. The number of halogens is 1. The molecule has 0 aliphatic heterocycles. The van der Waals surface area contributed by atoms with E-state index in [9.17, 15) is 0 Å². The molecule has 118 valence electrons. The van der Waals surface area contributed by atoms with Gasteiger partial charge in [0, 0.05) is 17.6 Å². The lowest BCUT2D eigenvalue weighted by atomic mass is 10.00. The van der Waals surface area contributed by atoms with Crippen molar-refractivity contribution in [3.05, 3.63) is 34.3 Å². The van der Waals surface area contributed by atoms with Crippen molar-refractivity contribution in [3.8, 4) is 0 Å². The van der Waals surface area contributed by atoms with E-state index in [2.05, 4.69) is 59.4 Å². The lowest BCUT2D eigenvalue weighted by molar-refractivity contribution is 0.0905. The van der Waals surface area contributed by atoms with Crippen molar-refractivity contribution in [3.63, 3.8) is 0 Å². The van der Waals surface area contributed by atoms with Crippen LogP contribution in [0.25, 0.3) is 0 Å². The van der Waals surface area contributed by atoms with Crippen molar-refractivity contribution in [1.82, 2.24) is 5.32 Å². The second kappa shape index (κ2) is 8.92. The fourth-order valence-corrected chi connectivity index (χ4v) is 2.67. The molecule has 0 radical (unpaired) electrons. The van der Waals surface area contributed by atoms with Crippen LogP contribution in [-0.4, -0.2) is 26.3 Å². The minimum absolute atomic E-state index is 0.559. The van der Waals surface area contributed by atoms with Gasteiger partial charge in [-0.05, 0) is 61.3 Å². The van der Waals surface area contributed by atoms with Crippen LogP contribution in [0.15, 0.2) is 28.7 Å². The first-order valence-electron chi connectivity index (χ1n) is 8.16. The molecule has 1 aromatic carbocycles. The highest BCUT2D eigenvalue weighted by Crippen LogP contribution is 2.29. The molecule has 1 aliphatic carbocycles. The summed E-state index contributed by atoms with van der Waals surface area (Å²) >= 11 is 3.50. The molecule has 1 aromatic rings. The predicted octanol–water partition coefficient (Wildman–Crippen LogP) is 4.28. The molecule has 1 fully saturated rings. The Morgan fingerprint density at radius 2 is 1.90 bits per heavy atom. The number of ether oxygens (including phenoxy) is 1. The van der Waals surface area contributed by atoms with Crippen LogP contribution in [-0.2, 0) is 11.2 Å². The number of nitrogens with one attached hydrogen (secondary N) is 1. The Morgan fingerprint density at radius 3 is 2.52 bits per heavy atom. The number of benzene rings is 1. The molecule has 2 nitrogen and oxygen atoms in total. The quantitative estimate of drug-likeness (QED) is 0.677. The predicted molar refractivity (Wildman–Crippen MR) is 92.6 cm³/mol. The molecule has 3 heteroatoms. The SMILES string of the molecule is CC(C)CNCC(COCC1CC1)Cc1ccc(Br)cc1. The van der Waals surface area contributed by atoms with E-state index < -0.39 is 0 Å². The van der Waals surface area contributed by atoms with Crippen molar-refractivity contribution in [2.75, 3.05) is 26.3 Å². The van der Waals surface area contributed by atoms with Gasteiger partial charge in [0.05, 0.1) is 6.61 Å². The Morgan fingerprint density at radius 1 is 1.19 bits per heavy atom. The minimum atomic E-state index is 0.559. The van der Waals surface area contributed by atoms with Crippen LogP contribution in [0.1, 0.15) is 32.3 Å². The van der Waals surface area contributed by atoms with Crippen molar-refractivity contribution in [2.24, 2.45) is 17.8 Å². The van der Waals surface area contributed by atoms with E-state index in [4.69, 9.17) is 4.74 Å². The third-order valence-electron chi connectivity index (χ3n) is 3.83. The second-order valence-electron chi connectivity index (χ2n) is 6.73. The van der Waals surface area contributed by atoms with E-state index in [1.165, 1.54) is 18.4 Å². The van der Waals surface area contributed by atoms with Gasteiger partial charge in [-0.2, -0.15) is 0 Å². The third kappa shape index (κ3) is 7.44. The molecule has 0 aromatic heterocycles. The number of hydrogen-bond donors (Lipinski definition) is 1. The first kappa shape index (κ1) is 17.0. The molecule has 0 saturated heterocycles. The smallest absolute Gasteiger partial charge is 0.0509 e. The molecule has 21 heavy (non-hydrogen) atoms.